The maximum atomic E-state index is 10.3. The Hall–Kier alpha value is -0.860. The third-order valence-corrected chi connectivity index (χ3v) is 4.32. The van der Waals surface area contributed by atoms with Crippen LogP contribution in [-0.2, 0) is 6.54 Å². The van der Waals surface area contributed by atoms with Crippen LogP contribution in [0.1, 0.15) is 24.8 Å². The maximum absolute atomic E-state index is 10.3. The highest BCUT2D eigenvalue weighted by Gasteiger charge is 2.50. The molecule has 1 N–H and O–H groups in total. The van der Waals surface area contributed by atoms with Crippen LogP contribution in [0.25, 0.3) is 0 Å². The summed E-state index contributed by atoms with van der Waals surface area (Å²) in [6.45, 7) is 4.48. The number of aliphatic hydroxyl groups is 1. The smallest absolute Gasteiger partial charge is 0.119 e. The standard InChI is InChI=1S/C14H20NO/c16-14-7-4-9-15(12-14,10-8-14)11-13-5-2-1-3-6-13/h1-3,5-6,16H,4,7-12H2/q+1. The maximum Gasteiger partial charge on any atom is 0.119 e. The van der Waals surface area contributed by atoms with E-state index in [4.69, 9.17) is 0 Å². The molecule has 2 unspecified atom stereocenters. The minimum Gasteiger partial charge on any atom is -0.384 e. The van der Waals surface area contributed by atoms with Gasteiger partial charge in [-0.1, -0.05) is 30.3 Å². The second-order valence-corrected chi connectivity index (χ2v) is 5.67. The number of nitrogens with zero attached hydrogens (tertiary/aromatic N) is 1. The molecule has 2 heteroatoms. The van der Waals surface area contributed by atoms with Gasteiger partial charge in [0.15, 0.2) is 0 Å². The first kappa shape index (κ1) is 10.3. The zero-order valence-electron chi connectivity index (χ0n) is 9.73. The first-order valence-corrected chi connectivity index (χ1v) is 6.31. The van der Waals surface area contributed by atoms with Gasteiger partial charge in [0, 0.05) is 12.0 Å². The summed E-state index contributed by atoms with van der Waals surface area (Å²) in [5, 5.41) is 10.3. The highest BCUT2D eigenvalue weighted by atomic mass is 16.3. The van der Waals surface area contributed by atoms with E-state index in [1.54, 1.807) is 0 Å². The van der Waals surface area contributed by atoms with Gasteiger partial charge in [-0.05, 0) is 12.8 Å². The minimum atomic E-state index is -0.340. The van der Waals surface area contributed by atoms with Crippen molar-refractivity contribution < 1.29 is 9.59 Å². The number of rotatable bonds is 2. The molecule has 1 aromatic rings. The van der Waals surface area contributed by atoms with E-state index in [9.17, 15) is 5.11 Å². The van der Waals surface area contributed by atoms with E-state index in [1.807, 2.05) is 0 Å². The van der Waals surface area contributed by atoms with Gasteiger partial charge in [0.1, 0.15) is 18.7 Å². The van der Waals surface area contributed by atoms with Gasteiger partial charge in [0.25, 0.3) is 0 Å². The Labute approximate surface area is 97.1 Å². The normalized spacial score (nSPS) is 37.6. The summed E-state index contributed by atoms with van der Waals surface area (Å²) in [7, 11) is 0. The van der Waals surface area contributed by atoms with Crippen LogP contribution in [0.3, 0.4) is 0 Å². The molecule has 2 aliphatic heterocycles. The molecule has 2 saturated heterocycles. The van der Waals surface area contributed by atoms with Crippen molar-refractivity contribution >= 4 is 0 Å². The lowest BCUT2D eigenvalue weighted by molar-refractivity contribution is -0.936. The second kappa shape index (κ2) is 3.57. The SMILES string of the molecule is OC12CCC[N+](Cc3ccccc3)(CC1)C2. The van der Waals surface area contributed by atoms with E-state index in [0.29, 0.717) is 0 Å². The van der Waals surface area contributed by atoms with E-state index in [-0.39, 0.29) is 5.60 Å². The monoisotopic (exact) mass is 218 g/mol. The summed E-state index contributed by atoms with van der Waals surface area (Å²) in [6.07, 6.45) is 3.20. The molecule has 0 spiro atoms. The summed E-state index contributed by atoms with van der Waals surface area (Å²) in [4.78, 5) is 0. The Morgan fingerprint density at radius 1 is 1.12 bits per heavy atom. The third-order valence-electron chi connectivity index (χ3n) is 4.32. The molecule has 3 rings (SSSR count). The first-order chi connectivity index (χ1) is 7.70. The van der Waals surface area contributed by atoms with Crippen molar-refractivity contribution in [2.45, 2.75) is 31.4 Å². The lowest BCUT2D eigenvalue weighted by Crippen LogP contribution is -2.52. The van der Waals surface area contributed by atoms with Crippen molar-refractivity contribution in [1.29, 1.82) is 0 Å². The molecule has 0 radical (unpaired) electrons. The van der Waals surface area contributed by atoms with Gasteiger partial charge in [0.2, 0.25) is 0 Å². The molecule has 2 fully saturated rings. The Bertz CT molecular complexity index is 378. The Morgan fingerprint density at radius 3 is 2.75 bits per heavy atom. The Kier molecular flexibility index (Phi) is 2.30. The van der Waals surface area contributed by atoms with Crippen molar-refractivity contribution in [3.05, 3.63) is 35.9 Å². The second-order valence-electron chi connectivity index (χ2n) is 5.67. The van der Waals surface area contributed by atoms with E-state index in [0.717, 1.165) is 37.0 Å². The Balaban J connectivity index is 1.80. The van der Waals surface area contributed by atoms with Crippen molar-refractivity contribution in [2.24, 2.45) is 0 Å². The molecule has 16 heavy (non-hydrogen) atoms. The van der Waals surface area contributed by atoms with E-state index >= 15 is 0 Å². The summed E-state index contributed by atoms with van der Waals surface area (Å²) in [5.41, 5.74) is 1.07. The third kappa shape index (κ3) is 1.76. The Morgan fingerprint density at radius 2 is 1.94 bits per heavy atom. The molecule has 0 saturated carbocycles. The van der Waals surface area contributed by atoms with Gasteiger partial charge in [-0.2, -0.15) is 0 Å². The molecule has 2 atom stereocenters. The molecule has 1 aromatic carbocycles. The van der Waals surface area contributed by atoms with Crippen molar-refractivity contribution in [2.75, 3.05) is 19.6 Å². The first-order valence-electron chi connectivity index (χ1n) is 6.31. The van der Waals surface area contributed by atoms with Crippen molar-refractivity contribution in [3.8, 4) is 0 Å². The van der Waals surface area contributed by atoms with Crippen LogP contribution in [0.15, 0.2) is 30.3 Å². The van der Waals surface area contributed by atoms with E-state index in [1.165, 1.54) is 18.5 Å². The number of benzene rings is 1. The van der Waals surface area contributed by atoms with Crippen LogP contribution >= 0.6 is 0 Å². The van der Waals surface area contributed by atoms with Gasteiger partial charge in [0.05, 0.1) is 13.1 Å². The van der Waals surface area contributed by atoms with Crippen LogP contribution in [0.4, 0.5) is 0 Å². The average Bonchev–Trinajstić information content (AvgIpc) is 2.50. The zero-order chi connectivity index (χ0) is 11.1. The van der Waals surface area contributed by atoms with Gasteiger partial charge in [-0.15, -0.1) is 0 Å². The highest BCUT2D eigenvalue weighted by Crippen LogP contribution is 2.38. The number of quaternary nitrogens is 1. The molecule has 0 aromatic heterocycles. The van der Waals surface area contributed by atoms with E-state index in [2.05, 4.69) is 30.3 Å². The summed E-state index contributed by atoms with van der Waals surface area (Å²) < 4.78 is 1.11. The van der Waals surface area contributed by atoms with Gasteiger partial charge < -0.3 is 9.59 Å². The lowest BCUT2D eigenvalue weighted by Gasteiger charge is -2.39. The number of hydrogen-bond acceptors (Lipinski definition) is 1. The quantitative estimate of drug-likeness (QED) is 0.752. The van der Waals surface area contributed by atoms with Crippen LogP contribution in [0, 0.1) is 0 Å². The van der Waals surface area contributed by atoms with Gasteiger partial charge in [-0.3, -0.25) is 0 Å². The molecule has 2 aliphatic rings. The summed E-state index contributed by atoms with van der Waals surface area (Å²) >= 11 is 0. The fourth-order valence-corrected chi connectivity index (χ4v) is 3.55. The number of fused-ring (bicyclic) bond motifs is 2. The molecule has 2 bridgehead atoms. The number of hydrogen-bond donors (Lipinski definition) is 1. The van der Waals surface area contributed by atoms with Gasteiger partial charge in [-0.25, -0.2) is 0 Å². The molecular formula is C14H20NO+. The van der Waals surface area contributed by atoms with Crippen LogP contribution in [0.5, 0.6) is 0 Å². The average molecular weight is 218 g/mol. The molecule has 0 aliphatic carbocycles. The molecule has 0 amide bonds. The highest BCUT2D eigenvalue weighted by molar-refractivity contribution is 5.13. The zero-order valence-corrected chi connectivity index (χ0v) is 9.73. The van der Waals surface area contributed by atoms with Crippen molar-refractivity contribution in [1.82, 2.24) is 0 Å². The van der Waals surface area contributed by atoms with Crippen LogP contribution in [-0.4, -0.2) is 34.8 Å². The number of piperidine rings is 1. The predicted octanol–water partition coefficient (Wildman–Crippen LogP) is 1.93. The topological polar surface area (TPSA) is 20.2 Å². The van der Waals surface area contributed by atoms with Crippen molar-refractivity contribution in [3.63, 3.8) is 0 Å². The lowest BCUT2D eigenvalue weighted by atomic mass is 9.94. The van der Waals surface area contributed by atoms with Crippen LogP contribution < -0.4 is 0 Å². The molecular weight excluding hydrogens is 198 g/mol. The predicted molar refractivity (Wildman–Crippen MR) is 63.8 cm³/mol. The fraction of sp³-hybridized carbons (Fsp3) is 0.571. The molecule has 2 nitrogen and oxygen atoms in total. The minimum absolute atomic E-state index is 0.340. The summed E-state index contributed by atoms with van der Waals surface area (Å²) in [5.74, 6) is 0. The fourth-order valence-electron chi connectivity index (χ4n) is 3.55. The molecule has 86 valence electrons. The largest absolute Gasteiger partial charge is 0.384 e. The van der Waals surface area contributed by atoms with E-state index < -0.39 is 0 Å². The summed E-state index contributed by atoms with van der Waals surface area (Å²) in [6, 6.07) is 10.7. The molecule has 2 heterocycles. The van der Waals surface area contributed by atoms with Gasteiger partial charge >= 0.3 is 0 Å². The van der Waals surface area contributed by atoms with Crippen LogP contribution in [0.2, 0.25) is 0 Å².